The summed E-state index contributed by atoms with van der Waals surface area (Å²) in [4.78, 5) is 12.9. The third kappa shape index (κ3) is 2.87. The Labute approximate surface area is 78.2 Å². The summed E-state index contributed by atoms with van der Waals surface area (Å²) in [6, 6.07) is 7.37. The van der Waals surface area contributed by atoms with Gasteiger partial charge in [-0.05, 0) is 31.8 Å². The van der Waals surface area contributed by atoms with E-state index in [1.54, 1.807) is 6.07 Å². The van der Waals surface area contributed by atoms with Crippen LogP contribution in [0.2, 0.25) is 0 Å². The number of hydrogen-bond acceptors (Lipinski definition) is 2. The number of carbonyl (C=O) groups is 1. The molecule has 0 aliphatic heterocycles. The Morgan fingerprint density at radius 2 is 2.15 bits per heavy atom. The maximum atomic E-state index is 10.8. The van der Waals surface area contributed by atoms with Crippen LogP contribution in [0.5, 0.6) is 0 Å². The van der Waals surface area contributed by atoms with E-state index in [4.69, 9.17) is 5.73 Å². The van der Waals surface area contributed by atoms with Gasteiger partial charge in [-0.2, -0.15) is 0 Å². The average Bonchev–Trinajstić information content (AvgIpc) is 2.03. The summed E-state index contributed by atoms with van der Waals surface area (Å²) in [7, 11) is 3.97. The number of nitrogens with zero attached hydrogens (tertiary/aromatic N) is 1. The first-order chi connectivity index (χ1) is 6.09. The molecule has 0 atom stereocenters. The van der Waals surface area contributed by atoms with Gasteiger partial charge < -0.3 is 10.6 Å². The largest absolute Gasteiger partial charge is 0.366 e. The van der Waals surface area contributed by atoms with Gasteiger partial charge in [0.15, 0.2) is 0 Å². The summed E-state index contributed by atoms with van der Waals surface area (Å²) in [6.07, 6.45) is 0. The second-order valence-corrected chi connectivity index (χ2v) is 3.30. The van der Waals surface area contributed by atoms with E-state index in [-0.39, 0.29) is 5.91 Å². The highest BCUT2D eigenvalue weighted by Gasteiger charge is 2.01. The molecule has 3 nitrogen and oxygen atoms in total. The van der Waals surface area contributed by atoms with Crippen LogP contribution in [-0.2, 0) is 6.54 Å². The molecule has 0 bridgehead atoms. The molecule has 0 heterocycles. The molecule has 70 valence electrons. The minimum Gasteiger partial charge on any atom is -0.366 e. The van der Waals surface area contributed by atoms with Gasteiger partial charge in [0.05, 0.1) is 0 Å². The molecule has 13 heavy (non-hydrogen) atoms. The fourth-order valence-corrected chi connectivity index (χ4v) is 1.19. The molecule has 0 aliphatic carbocycles. The van der Waals surface area contributed by atoms with Gasteiger partial charge in [0.2, 0.25) is 5.91 Å². The van der Waals surface area contributed by atoms with E-state index in [1.807, 2.05) is 37.2 Å². The van der Waals surface area contributed by atoms with Gasteiger partial charge in [0.25, 0.3) is 0 Å². The van der Waals surface area contributed by atoms with Crippen molar-refractivity contribution in [1.29, 1.82) is 0 Å². The van der Waals surface area contributed by atoms with Gasteiger partial charge >= 0.3 is 0 Å². The van der Waals surface area contributed by atoms with E-state index >= 15 is 0 Å². The van der Waals surface area contributed by atoms with Crippen molar-refractivity contribution in [2.45, 2.75) is 6.54 Å². The molecule has 1 aromatic rings. The molecule has 1 amide bonds. The van der Waals surface area contributed by atoms with E-state index in [2.05, 4.69) is 0 Å². The van der Waals surface area contributed by atoms with Crippen molar-refractivity contribution in [2.75, 3.05) is 14.1 Å². The third-order valence-corrected chi connectivity index (χ3v) is 1.71. The lowest BCUT2D eigenvalue weighted by atomic mass is 10.1. The molecular weight excluding hydrogens is 164 g/mol. The van der Waals surface area contributed by atoms with Gasteiger partial charge in [-0.25, -0.2) is 0 Å². The van der Waals surface area contributed by atoms with E-state index in [0.717, 1.165) is 12.1 Å². The van der Waals surface area contributed by atoms with Crippen LogP contribution in [0.15, 0.2) is 24.3 Å². The quantitative estimate of drug-likeness (QED) is 0.745. The van der Waals surface area contributed by atoms with Gasteiger partial charge in [0, 0.05) is 12.1 Å². The Balaban J connectivity index is 2.85. The zero-order valence-electron chi connectivity index (χ0n) is 7.95. The van der Waals surface area contributed by atoms with Crippen molar-refractivity contribution >= 4 is 5.91 Å². The van der Waals surface area contributed by atoms with Crippen molar-refractivity contribution in [2.24, 2.45) is 5.73 Å². The second-order valence-electron chi connectivity index (χ2n) is 3.30. The number of benzene rings is 1. The Morgan fingerprint density at radius 1 is 1.46 bits per heavy atom. The molecule has 1 aromatic carbocycles. The molecular formula is C10H14N2O. The molecule has 0 saturated carbocycles. The Kier molecular flexibility index (Phi) is 3.03. The fraction of sp³-hybridized carbons (Fsp3) is 0.300. The van der Waals surface area contributed by atoms with Crippen LogP contribution in [0.3, 0.4) is 0 Å². The lowest BCUT2D eigenvalue weighted by molar-refractivity contribution is 0.1000. The summed E-state index contributed by atoms with van der Waals surface area (Å²) < 4.78 is 0. The van der Waals surface area contributed by atoms with Crippen LogP contribution >= 0.6 is 0 Å². The molecule has 0 spiro atoms. The zero-order valence-corrected chi connectivity index (χ0v) is 7.95. The summed E-state index contributed by atoms with van der Waals surface area (Å²) in [5.41, 5.74) is 6.83. The van der Waals surface area contributed by atoms with Gasteiger partial charge in [0.1, 0.15) is 0 Å². The van der Waals surface area contributed by atoms with E-state index in [0.29, 0.717) is 5.56 Å². The second kappa shape index (κ2) is 4.05. The summed E-state index contributed by atoms with van der Waals surface area (Å²) >= 11 is 0. The Morgan fingerprint density at radius 3 is 2.69 bits per heavy atom. The average molecular weight is 178 g/mol. The highest BCUT2D eigenvalue weighted by Crippen LogP contribution is 2.05. The van der Waals surface area contributed by atoms with Crippen LogP contribution in [0, 0.1) is 0 Å². The zero-order chi connectivity index (χ0) is 9.84. The van der Waals surface area contributed by atoms with Crippen molar-refractivity contribution in [1.82, 2.24) is 4.90 Å². The molecule has 0 unspecified atom stereocenters. The van der Waals surface area contributed by atoms with E-state index < -0.39 is 0 Å². The monoisotopic (exact) mass is 178 g/mol. The van der Waals surface area contributed by atoms with E-state index in [1.165, 1.54) is 0 Å². The number of amides is 1. The Bertz CT molecular complexity index is 308. The van der Waals surface area contributed by atoms with Crippen LogP contribution < -0.4 is 5.73 Å². The summed E-state index contributed by atoms with van der Waals surface area (Å²) in [5, 5.41) is 0. The molecule has 0 aromatic heterocycles. The molecule has 3 heteroatoms. The summed E-state index contributed by atoms with van der Waals surface area (Å²) in [6.45, 7) is 0.821. The SMILES string of the molecule is CN(C)Cc1cccc(C(N)=O)c1. The maximum absolute atomic E-state index is 10.8. The third-order valence-electron chi connectivity index (χ3n) is 1.71. The molecule has 0 radical (unpaired) electrons. The van der Waals surface area contributed by atoms with Gasteiger partial charge in [-0.1, -0.05) is 12.1 Å². The van der Waals surface area contributed by atoms with E-state index in [9.17, 15) is 4.79 Å². The number of rotatable bonds is 3. The first kappa shape index (κ1) is 9.74. The van der Waals surface area contributed by atoms with Crippen LogP contribution in [-0.4, -0.2) is 24.9 Å². The minimum atomic E-state index is -0.374. The highest BCUT2D eigenvalue weighted by atomic mass is 16.1. The molecule has 0 aliphatic rings. The van der Waals surface area contributed by atoms with Crippen LogP contribution in [0.4, 0.5) is 0 Å². The predicted octanol–water partition coefficient (Wildman–Crippen LogP) is 0.847. The molecule has 1 rings (SSSR count). The number of hydrogen-bond donors (Lipinski definition) is 1. The number of primary amides is 1. The van der Waals surface area contributed by atoms with Crippen molar-refractivity contribution in [3.05, 3.63) is 35.4 Å². The standard InChI is InChI=1S/C10H14N2O/c1-12(2)7-8-4-3-5-9(6-8)10(11)13/h3-6H,7H2,1-2H3,(H2,11,13). The lowest BCUT2D eigenvalue weighted by Crippen LogP contribution is -2.13. The highest BCUT2D eigenvalue weighted by molar-refractivity contribution is 5.92. The predicted molar refractivity (Wildman–Crippen MR) is 52.4 cm³/mol. The van der Waals surface area contributed by atoms with Crippen LogP contribution in [0.25, 0.3) is 0 Å². The maximum Gasteiger partial charge on any atom is 0.248 e. The first-order valence-electron chi connectivity index (χ1n) is 4.13. The van der Waals surface area contributed by atoms with Crippen LogP contribution in [0.1, 0.15) is 15.9 Å². The smallest absolute Gasteiger partial charge is 0.248 e. The van der Waals surface area contributed by atoms with Crippen molar-refractivity contribution < 1.29 is 4.79 Å². The normalized spacial score (nSPS) is 10.4. The number of carbonyl (C=O) groups excluding carboxylic acids is 1. The fourth-order valence-electron chi connectivity index (χ4n) is 1.19. The summed E-state index contributed by atoms with van der Waals surface area (Å²) in [5.74, 6) is -0.374. The van der Waals surface area contributed by atoms with Gasteiger partial charge in [-0.3, -0.25) is 4.79 Å². The Hall–Kier alpha value is -1.35. The topological polar surface area (TPSA) is 46.3 Å². The molecule has 2 N–H and O–H groups in total. The number of nitrogens with two attached hydrogens (primary N) is 1. The first-order valence-corrected chi connectivity index (χ1v) is 4.13. The van der Waals surface area contributed by atoms with Crippen molar-refractivity contribution in [3.8, 4) is 0 Å². The molecule has 0 saturated heterocycles. The molecule has 0 fully saturated rings. The van der Waals surface area contributed by atoms with Gasteiger partial charge in [-0.15, -0.1) is 0 Å². The minimum absolute atomic E-state index is 0.374. The van der Waals surface area contributed by atoms with Crippen molar-refractivity contribution in [3.63, 3.8) is 0 Å². The lowest BCUT2D eigenvalue weighted by Gasteiger charge is -2.09.